The molecule has 2 aromatic rings. The number of benzene rings is 1. The lowest BCUT2D eigenvalue weighted by molar-refractivity contribution is 0.475. The maximum Gasteiger partial charge on any atom is 0.222 e. The van der Waals surface area contributed by atoms with Gasteiger partial charge in [0.2, 0.25) is 5.95 Å². The normalized spacial score (nSPS) is 23.2. The summed E-state index contributed by atoms with van der Waals surface area (Å²) in [6.07, 6.45) is 1.14. The monoisotopic (exact) mass is 297 g/mol. The molecular formula is C16H19N5O. The van der Waals surface area contributed by atoms with E-state index in [1.54, 1.807) is 12.1 Å². The minimum atomic E-state index is 0.240. The van der Waals surface area contributed by atoms with E-state index in [0.717, 1.165) is 42.1 Å². The molecule has 0 spiro atoms. The standard InChI is InChI=1S/C16H19N5O/c1-9-14(10-3-2-4-13(22)5-10)15(20-16(17)19-9)21-8-11-6-12(21)7-18-11/h2-5,11-12,18,22H,6-8H2,1H3,(H2,17,19,20)/t11-,12-/m0/s1. The fourth-order valence-corrected chi connectivity index (χ4v) is 3.61. The highest BCUT2D eigenvalue weighted by Crippen LogP contribution is 2.38. The number of phenolic OH excluding ortho intramolecular Hbond substituents is 1. The molecule has 4 rings (SSSR count). The van der Waals surface area contributed by atoms with Crippen LogP contribution in [0.4, 0.5) is 11.8 Å². The number of anilines is 2. The van der Waals surface area contributed by atoms with Crippen molar-refractivity contribution in [2.24, 2.45) is 0 Å². The first kappa shape index (κ1) is 13.3. The Morgan fingerprint density at radius 1 is 1.36 bits per heavy atom. The van der Waals surface area contributed by atoms with Crippen LogP contribution in [-0.2, 0) is 0 Å². The summed E-state index contributed by atoms with van der Waals surface area (Å²) in [6, 6.07) is 8.20. The highest BCUT2D eigenvalue weighted by atomic mass is 16.3. The van der Waals surface area contributed by atoms with Gasteiger partial charge in [0.05, 0.1) is 5.69 Å². The van der Waals surface area contributed by atoms with Crippen LogP contribution in [0.25, 0.3) is 11.1 Å². The average Bonchev–Trinajstić information content (AvgIpc) is 3.09. The van der Waals surface area contributed by atoms with Crippen molar-refractivity contribution in [2.45, 2.75) is 25.4 Å². The van der Waals surface area contributed by atoms with Crippen molar-refractivity contribution >= 4 is 11.8 Å². The molecule has 2 aliphatic heterocycles. The Labute approximate surface area is 129 Å². The third kappa shape index (κ3) is 2.07. The first-order valence-corrected chi connectivity index (χ1v) is 7.55. The van der Waals surface area contributed by atoms with Gasteiger partial charge in [0.25, 0.3) is 0 Å². The molecule has 1 aromatic carbocycles. The third-order valence-corrected chi connectivity index (χ3v) is 4.55. The third-order valence-electron chi connectivity index (χ3n) is 4.55. The molecule has 6 nitrogen and oxygen atoms in total. The number of nitrogen functional groups attached to an aromatic ring is 1. The smallest absolute Gasteiger partial charge is 0.222 e. The molecule has 0 radical (unpaired) electrons. The minimum Gasteiger partial charge on any atom is -0.508 e. The molecule has 2 atom stereocenters. The number of aryl methyl sites for hydroxylation is 1. The summed E-state index contributed by atoms with van der Waals surface area (Å²) in [5.74, 6) is 1.42. The van der Waals surface area contributed by atoms with Crippen LogP contribution in [0.3, 0.4) is 0 Å². The van der Waals surface area contributed by atoms with E-state index in [4.69, 9.17) is 5.73 Å². The molecule has 0 amide bonds. The molecule has 6 heteroatoms. The number of hydrogen-bond acceptors (Lipinski definition) is 6. The Bertz CT molecular complexity index is 732. The zero-order valence-electron chi connectivity index (χ0n) is 12.5. The number of aromatic nitrogens is 2. The zero-order chi connectivity index (χ0) is 15.3. The predicted octanol–water partition coefficient (Wildman–Crippen LogP) is 1.29. The largest absolute Gasteiger partial charge is 0.508 e. The Kier molecular flexibility index (Phi) is 2.94. The highest BCUT2D eigenvalue weighted by molar-refractivity contribution is 5.80. The second-order valence-electron chi connectivity index (χ2n) is 6.06. The van der Waals surface area contributed by atoms with Crippen molar-refractivity contribution in [3.05, 3.63) is 30.0 Å². The van der Waals surface area contributed by atoms with E-state index in [1.165, 1.54) is 0 Å². The van der Waals surface area contributed by atoms with E-state index in [0.29, 0.717) is 18.0 Å². The summed E-state index contributed by atoms with van der Waals surface area (Å²) >= 11 is 0. The lowest BCUT2D eigenvalue weighted by Gasteiger charge is -2.30. The van der Waals surface area contributed by atoms with Crippen molar-refractivity contribution in [3.63, 3.8) is 0 Å². The van der Waals surface area contributed by atoms with E-state index < -0.39 is 0 Å². The molecule has 2 fully saturated rings. The van der Waals surface area contributed by atoms with Gasteiger partial charge in [-0.05, 0) is 31.0 Å². The van der Waals surface area contributed by atoms with Crippen LogP contribution in [-0.4, -0.2) is 40.2 Å². The van der Waals surface area contributed by atoms with Crippen molar-refractivity contribution in [1.29, 1.82) is 0 Å². The lowest BCUT2D eigenvalue weighted by atomic mass is 10.0. The van der Waals surface area contributed by atoms with Gasteiger partial charge in [-0.2, -0.15) is 4.98 Å². The van der Waals surface area contributed by atoms with Crippen molar-refractivity contribution < 1.29 is 5.11 Å². The summed E-state index contributed by atoms with van der Waals surface area (Å²) in [4.78, 5) is 11.2. The first-order valence-electron chi connectivity index (χ1n) is 7.55. The Morgan fingerprint density at radius 3 is 2.91 bits per heavy atom. The summed E-state index contributed by atoms with van der Waals surface area (Å²) < 4.78 is 0. The number of nitrogens with zero attached hydrogens (tertiary/aromatic N) is 3. The SMILES string of the molecule is Cc1nc(N)nc(N2C[C@@H]3C[C@H]2CN3)c1-c1cccc(O)c1. The molecule has 2 aliphatic rings. The van der Waals surface area contributed by atoms with Gasteiger partial charge in [-0.25, -0.2) is 4.98 Å². The van der Waals surface area contributed by atoms with E-state index in [-0.39, 0.29) is 5.75 Å². The predicted molar refractivity (Wildman–Crippen MR) is 85.8 cm³/mol. The molecule has 0 saturated carbocycles. The van der Waals surface area contributed by atoms with Gasteiger partial charge >= 0.3 is 0 Å². The number of fused-ring (bicyclic) bond motifs is 2. The molecule has 114 valence electrons. The number of aromatic hydroxyl groups is 1. The lowest BCUT2D eigenvalue weighted by Crippen LogP contribution is -2.44. The van der Waals surface area contributed by atoms with Crippen LogP contribution in [0.2, 0.25) is 0 Å². The number of piperazine rings is 1. The van der Waals surface area contributed by atoms with Gasteiger partial charge in [0.1, 0.15) is 11.6 Å². The van der Waals surface area contributed by atoms with Crippen molar-refractivity contribution in [2.75, 3.05) is 23.7 Å². The molecule has 2 bridgehead atoms. The van der Waals surface area contributed by atoms with Gasteiger partial charge in [-0.3, -0.25) is 0 Å². The van der Waals surface area contributed by atoms with Gasteiger partial charge in [0.15, 0.2) is 0 Å². The van der Waals surface area contributed by atoms with E-state index in [1.807, 2.05) is 19.1 Å². The van der Waals surface area contributed by atoms with Crippen LogP contribution < -0.4 is 16.0 Å². The molecule has 0 aliphatic carbocycles. The molecule has 0 unspecified atom stereocenters. The Hall–Kier alpha value is -2.34. The number of phenols is 1. The number of hydrogen-bond donors (Lipinski definition) is 3. The molecule has 2 saturated heterocycles. The Morgan fingerprint density at radius 2 is 2.23 bits per heavy atom. The van der Waals surface area contributed by atoms with Crippen LogP contribution in [0.5, 0.6) is 5.75 Å². The molecule has 4 N–H and O–H groups in total. The fourth-order valence-electron chi connectivity index (χ4n) is 3.61. The van der Waals surface area contributed by atoms with Crippen LogP contribution in [0, 0.1) is 6.92 Å². The van der Waals surface area contributed by atoms with Crippen LogP contribution in [0.15, 0.2) is 24.3 Å². The van der Waals surface area contributed by atoms with Gasteiger partial charge in [-0.1, -0.05) is 12.1 Å². The summed E-state index contributed by atoms with van der Waals surface area (Å²) in [5.41, 5.74) is 8.60. The van der Waals surface area contributed by atoms with E-state index in [9.17, 15) is 5.11 Å². The van der Waals surface area contributed by atoms with Crippen LogP contribution >= 0.6 is 0 Å². The maximum absolute atomic E-state index is 9.79. The summed E-state index contributed by atoms with van der Waals surface area (Å²) in [7, 11) is 0. The van der Waals surface area contributed by atoms with Gasteiger partial charge < -0.3 is 21.1 Å². The second kappa shape index (κ2) is 4.84. The minimum absolute atomic E-state index is 0.240. The quantitative estimate of drug-likeness (QED) is 0.774. The molecule has 1 aromatic heterocycles. The zero-order valence-corrected chi connectivity index (χ0v) is 12.5. The molecular weight excluding hydrogens is 278 g/mol. The highest BCUT2D eigenvalue weighted by Gasteiger charge is 2.39. The van der Waals surface area contributed by atoms with E-state index in [2.05, 4.69) is 20.2 Å². The van der Waals surface area contributed by atoms with Crippen molar-refractivity contribution in [3.8, 4) is 16.9 Å². The maximum atomic E-state index is 9.79. The van der Waals surface area contributed by atoms with Gasteiger partial charge in [-0.15, -0.1) is 0 Å². The van der Waals surface area contributed by atoms with E-state index >= 15 is 0 Å². The topological polar surface area (TPSA) is 87.3 Å². The van der Waals surface area contributed by atoms with Crippen molar-refractivity contribution in [1.82, 2.24) is 15.3 Å². The number of nitrogens with two attached hydrogens (primary N) is 1. The average molecular weight is 297 g/mol. The summed E-state index contributed by atoms with van der Waals surface area (Å²) in [6.45, 7) is 3.85. The second-order valence-corrected chi connectivity index (χ2v) is 6.06. The number of nitrogens with one attached hydrogen (secondary N) is 1. The van der Waals surface area contributed by atoms with Gasteiger partial charge in [0, 0.05) is 30.7 Å². The Balaban J connectivity index is 1.87. The fraction of sp³-hybridized carbons (Fsp3) is 0.375. The first-order chi connectivity index (χ1) is 10.6. The molecule has 3 heterocycles. The molecule has 22 heavy (non-hydrogen) atoms. The van der Waals surface area contributed by atoms with Crippen LogP contribution in [0.1, 0.15) is 12.1 Å². The summed E-state index contributed by atoms with van der Waals surface area (Å²) in [5, 5.41) is 13.3. The number of rotatable bonds is 2.